The van der Waals surface area contributed by atoms with Crippen LogP contribution in [0.1, 0.15) is 15.9 Å². The fourth-order valence-electron chi connectivity index (χ4n) is 2.51. The van der Waals surface area contributed by atoms with Crippen LogP contribution in [-0.4, -0.2) is 24.2 Å². The predicted octanol–water partition coefficient (Wildman–Crippen LogP) is 3.40. The number of methoxy groups -OCH3 is 1. The minimum Gasteiger partial charge on any atom is -0.383 e. The Labute approximate surface area is 138 Å². The summed E-state index contributed by atoms with van der Waals surface area (Å²) in [4.78, 5) is 17.5. The Morgan fingerprint density at radius 1 is 1.17 bits per heavy atom. The average molecular weight is 326 g/mol. The Hall–Kier alpha value is -2.24. The molecule has 0 aliphatic carbocycles. The van der Waals surface area contributed by atoms with Crippen molar-refractivity contribution in [2.75, 3.05) is 13.7 Å². The molecule has 0 unspecified atom stereocenters. The maximum Gasteiger partial charge on any atom is 0.279 e. The number of fused-ring (bicyclic) bond motifs is 1. The summed E-state index contributed by atoms with van der Waals surface area (Å²) in [6.07, 6.45) is 0. The number of carbonyl (C=O) groups is 1. The lowest BCUT2D eigenvalue weighted by molar-refractivity contribution is 0.0997. The third-order valence-electron chi connectivity index (χ3n) is 3.64. The van der Waals surface area contributed by atoms with E-state index in [9.17, 15) is 4.79 Å². The molecule has 5 heteroatoms. The summed E-state index contributed by atoms with van der Waals surface area (Å²) in [5.41, 5.74) is 2.89. The van der Waals surface area contributed by atoms with E-state index in [4.69, 9.17) is 4.74 Å². The minimum atomic E-state index is -0.221. The van der Waals surface area contributed by atoms with E-state index in [2.05, 4.69) is 28.6 Å². The fraction of sp³-hybridized carbons (Fsp3) is 0.222. The molecule has 0 atom stereocenters. The Morgan fingerprint density at radius 3 is 2.70 bits per heavy atom. The van der Waals surface area contributed by atoms with Crippen LogP contribution in [0.4, 0.5) is 0 Å². The molecular formula is C18H18N2O2S. The number of thiazole rings is 1. The maximum absolute atomic E-state index is 12.4. The van der Waals surface area contributed by atoms with Gasteiger partial charge in [-0.25, -0.2) is 0 Å². The highest BCUT2D eigenvalue weighted by atomic mass is 32.1. The van der Waals surface area contributed by atoms with Crippen LogP contribution >= 0.6 is 11.3 Å². The quantitative estimate of drug-likeness (QED) is 0.737. The van der Waals surface area contributed by atoms with E-state index in [1.807, 2.05) is 24.3 Å². The highest BCUT2D eigenvalue weighted by Gasteiger charge is 2.10. The number of hydrogen-bond acceptors (Lipinski definition) is 3. The molecule has 4 nitrogen and oxygen atoms in total. The van der Waals surface area contributed by atoms with Crippen LogP contribution in [0.25, 0.3) is 10.2 Å². The molecule has 1 aromatic heterocycles. The molecule has 1 amide bonds. The molecule has 0 aliphatic heterocycles. The standard InChI is InChI=1S/C18H18N2O2S/c1-13-7-6-10-15-16(13)20(11-12-22-2)18(23-15)19-17(21)14-8-4-3-5-9-14/h3-10H,11-12H2,1-2H3. The van der Waals surface area contributed by atoms with Crippen molar-refractivity contribution in [3.63, 3.8) is 0 Å². The lowest BCUT2D eigenvalue weighted by Crippen LogP contribution is -2.19. The Kier molecular flexibility index (Phi) is 4.69. The average Bonchev–Trinajstić information content (AvgIpc) is 2.92. The van der Waals surface area contributed by atoms with Crippen LogP contribution in [0.5, 0.6) is 0 Å². The molecule has 3 aromatic rings. The summed E-state index contributed by atoms with van der Waals surface area (Å²) in [6, 6.07) is 15.3. The van der Waals surface area contributed by atoms with Crippen molar-refractivity contribution in [3.05, 3.63) is 64.5 Å². The van der Waals surface area contributed by atoms with Crippen LogP contribution in [0, 0.1) is 6.92 Å². The molecular weight excluding hydrogens is 308 g/mol. The third-order valence-corrected chi connectivity index (χ3v) is 4.68. The fourth-order valence-corrected chi connectivity index (χ4v) is 3.65. The normalized spacial score (nSPS) is 12.0. The molecule has 0 aliphatic rings. The van der Waals surface area contributed by atoms with Crippen molar-refractivity contribution >= 4 is 27.5 Å². The Bertz CT molecular complexity index is 894. The van der Waals surface area contributed by atoms with Crippen LogP contribution in [0.2, 0.25) is 0 Å². The van der Waals surface area contributed by atoms with Gasteiger partial charge in [-0.3, -0.25) is 4.79 Å². The SMILES string of the molecule is COCCn1c(=NC(=O)c2ccccc2)sc2cccc(C)c21. The van der Waals surface area contributed by atoms with E-state index in [1.165, 1.54) is 16.9 Å². The topological polar surface area (TPSA) is 43.6 Å². The van der Waals surface area contributed by atoms with Crippen molar-refractivity contribution in [2.45, 2.75) is 13.5 Å². The first-order chi connectivity index (χ1) is 11.2. The third kappa shape index (κ3) is 3.25. The summed E-state index contributed by atoms with van der Waals surface area (Å²) in [5.74, 6) is -0.221. The summed E-state index contributed by atoms with van der Waals surface area (Å²) in [7, 11) is 1.67. The first kappa shape index (κ1) is 15.6. The number of aryl methyl sites for hydroxylation is 1. The smallest absolute Gasteiger partial charge is 0.279 e. The molecule has 0 spiro atoms. The van der Waals surface area contributed by atoms with Crippen molar-refractivity contribution in [3.8, 4) is 0 Å². The van der Waals surface area contributed by atoms with Gasteiger partial charge in [-0.1, -0.05) is 41.7 Å². The van der Waals surface area contributed by atoms with Gasteiger partial charge in [-0.05, 0) is 30.7 Å². The van der Waals surface area contributed by atoms with Crippen LogP contribution in [-0.2, 0) is 11.3 Å². The number of nitrogens with zero attached hydrogens (tertiary/aromatic N) is 2. The Balaban J connectivity index is 2.14. The molecule has 0 fully saturated rings. The van der Waals surface area contributed by atoms with Gasteiger partial charge >= 0.3 is 0 Å². The van der Waals surface area contributed by atoms with Gasteiger partial charge in [-0.2, -0.15) is 4.99 Å². The van der Waals surface area contributed by atoms with E-state index in [0.717, 1.165) is 10.2 Å². The molecule has 3 rings (SSSR count). The van der Waals surface area contributed by atoms with Crippen molar-refractivity contribution in [2.24, 2.45) is 4.99 Å². The molecule has 1 heterocycles. The zero-order valence-corrected chi connectivity index (χ0v) is 14.0. The number of amides is 1. The lowest BCUT2D eigenvalue weighted by Gasteiger charge is -2.06. The van der Waals surface area contributed by atoms with Gasteiger partial charge in [0.25, 0.3) is 5.91 Å². The second kappa shape index (κ2) is 6.89. The zero-order valence-electron chi connectivity index (χ0n) is 13.2. The van der Waals surface area contributed by atoms with Gasteiger partial charge in [0.2, 0.25) is 0 Å². The Morgan fingerprint density at radius 2 is 1.96 bits per heavy atom. The molecule has 0 bridgehead atoms. The van der Waals surface area contributed by atoms with Gasteiger partial charge in [-0.15, -0.1) is 0 Å². The lowest BCUT2D eigenvalue weighted by atomic mass is 10.2. The molecule has 118 valence electrons. The molecule has 23 heavy (non-hydrogen) atoms. The zero-order chi connectivity index (χ0) is 16.2. The second-order valence-corrected chi connectivity index (χ2v) is 6.24. The van der Waals surface area contributed by atoms with Gasteiger partial charge in [0, 0.05) is 19.2 Å². The van der Waals surface area contributed by atoms with Gasteiger partial charge in [0.05, 0.1) is 16.8 Å². The number of hydrogen-bond donors (Lipinski definition) is 0. The predicted molar refractivity (Wildman–Crippen MR) is 92.8 cm³/mol. The van der Waals surface area contributed by atoms with E-state index in [-0.39, 0.29) is 5.91 Å². The highest BCUT2D eigenvalue weighted by molar-refractivity contribution is 7.16. The summed E-state index contributed by atoms with van der Waals surface area (Å²) in [5, 5.41) is 0. The van der Waals surface area contributed by atoms with Crippen molar-refractivity contribution < 1.29 is 9.53 Å². The molecule has 0 N–H and O–H groups in total. The number of carbonyl (C=O) groups excluding carboxylic acids is 1. The molecule has 0 saturated heterocycles. The van der Waals surface area contributed by atoms with Crippen LogP contribution in [0.15, 0.2) is 53.5 Å². The van der Waals surface area contributed by atoms with E-state index in [1.54, 1.807) is 19.2 Å². The van der Waals surface area contributed by atoms with Gasteiger partial charge in [0.15, 0.2) is 4.80 Å². The van der Waals surface area contributed by atoms with Crippen LogP contribution in [0.3, 0.4) is 0 Å². The highest BCUT2D eigenvalue weighted by Crippen LogP contribution is 2.21. The van der Waals surface area contributed by atoms with E-state index < -0.39 is 0 Å². The van der Waals surface area contributed by atoms with Gasteiger partial charge < -0.3 is 9.30 Å². The van der Waals surface area contributed by atoms with Crippen LogP contribution < -0.4 is 4.80 Å². The van der Waals surface area contributed by atoms with Crippen molar-refractivity contribution in [1.82, 2.24) is 4.57 Å². The monoisotopic (exact) mass is 326 g/mol. The summed E-state index contributed by atoms with van der Waals surface area (Å²) < 4.78 is 8.40. The molecule has 0 radical (unpaired) electrons. The molecule has 0 saturated carbocycles. The number of benzene rings is 2. The number of aromatic nitrogens is 1. The first-order valence-electron chi connectivity index (χ1n) is 7.42. The van der Waals surface area contributed by atoms with E-state index >= 15 is 0 Å². The first-order valence-corrected chi connectivity index (χ1v) is 8.24. The van der Waals surface area contributed by atoms with E-state index in [0.29, 0.717) is 23.5 Å². The number of ether oxygens (including phenoxy) is 1. The second-order valence-electron chi connectivity index (χ2n) is 5.23. The largest absolute Gasteiger partial charge is 0.383 e. The summed E-state index contributed by atoms with van der Waals surface area (Å²) in [6.45, 7) is 3.32. The molecule has 2 aromatic carbocycles. The number of rotatable bonds is 4. The van der Waals surface area contributed by atoms with Gasteiger partial charge in [0.1, 0.15) is 0 Å². The minimum absolute atomic E-state index is 0.221. The van der Waals surface area contributed by atoms with Crippen molar-refractivity contribution in [1.29, 1.82) is 0 Å². The maximum atomic E-state index is 12.4. The number of para-hydroxylation sites is 1. The summed E-state index contributed by atoms with van der Waals surface area (Å²) >= 11 is 1.53.